The summed E-state index contributed by atoms with van der Waals surface area (Å²) in [6, 6.07) is 2.03. The average molecular weight is 211 g/mol. The molecule has 3 heteroatoms. The van der Waals surface area contributed by atoms with Gasteiger partial charge in [-0.2, -0.15) is 0 Å². The molecule has 0 saturated carbocycles. The SMILES string of the molecule is CC(CN)N1CC2CCCCN2CC1C. The average Bonchev–Trinajstić information content (AvgIpc) is 2.27. The van der Waals surface area contributed by atoms with Crippen LogP contribution in [0.3, 0.4) is 0 Å². The van der Waals surface area contributed by atoms with E-state index in [9.17, 15) is 0 Å². The lowest BCUT2D eigenvalue weighted by molar-refractivity contribution is -0.00211. The minimum atomic E-state index is 0.545. The summed E-state index contributed by atoms with van der Waals surface area (Å²) < 4.78 is 0. The zero-order valence-corrected chi connectivity index (χ0v) is 10.2. The first kappa shape index (κ1) is 11.4. The predicted molar refractivity (Wildman–Crippen MR) is 63.9 cm³/mol. The molecule has 0 aliphatic carbocycles. The summed E-state index contributed by atoms with van der Waals surface area (Å²) in [5.74, 6) is 0. The zero-order valence-electron chi connectivity index (χ0n) is 10.2. The van der Waals surface area contributed by atoms with Crippen molar-refractivity contribution >= 4 is 0 Å². The molecular weight excluding hydrogens is 186 g/mol. The number of rotatable bonds is 2. The molecule has 0 aromatic carbocycles. The van der Waals surface area contributed by atoms with Gasteiger partial charge in [0.2, 0.25) is 0 Å². The van der Waals surface area contributed by atoms with E-state index in [1.165, 1.54) is 38.9 Å². The van der Waals surface area contributed by atoms with Gasteiger partial charge in [0.25, 0.3) is 0 Å². The Labute approximate surface area is 93.6 Å². The lowest BCUT2D eigenvalue weighted by atomic mass is 9.96. The van der Waals surface area contributed by atoms with Crippen LogP contribution in [0, 0.1) is 0 Å². The van der Waals surface area contributed by atoms with E-state index in [1.54, 1.807) is 0 Å². The van der Waals surface area contributed by atoms with Crippen molar-refractivity contribution < 1.29 is 0 Å². The van der Waals surface area contributed by atoms with Crippen LogP contribution in [-0.4, -0.2) is 54.1 Å². The number of hydrogen-bond donors (Lipinski definition) is 1. The summed E-state index contributed by atoms with van der Waals surface area (Å²) in [5, 5.41) is 0. The second-order valence-corrected chi connectivity index (χ2v) is 5.28. The largest absolute Gasteiger partial charge is 0.329 e. The van der Waals surface area contributed by atoms with Gasteiger partial charge in [-0.3, -0.25) is 9.80 Å². The molecule has 2 fully saturated rings. The molecule has 3 nitrogen and oxygen atoms in total. The third-order valence-electron chi connectivity index (χ3n) is 4.14. The fourth-order valence-electron chi connectivity index (χ4n) is 3.12. The Kier molecular flexibility index (Phi) is 3.65. The Bertz CT molecular complexity index is 207. The van der Waals surface area contributed by atoms with E-state index in [2.05, 4.69) is 23.6 Å². The molecule has 3 atom stereocenters. The third-order valence-corrected chi connectivity index (χ3v) is 4.14. The van der Waals surface area contributed by atoms with Crippen LogP contribution in [-0.2, 0) is 0 Å². The van der Waals surface area contributed by atoms with Crippen molar-refractivity contribution in [1.29, 1.82) is 0 Å². The lowest BCUT2D eigenvalue weighted by Crippen LogP contribution is -2.61. The van der Waals surface area contributed by atoms with E-state index in [-0.39, 0.29) is 0 Å². The number of hydrogen-bond acceptors (Lipinski definition) is 3. The van der Waals surface area contributed by atoms with Gasteiger partial charge in [0, 0.05) is 37.8 Å². The summed E-state index contributed by atoms with van der Waals surface area (Å²) >= 11 is 0. The van der Waals surface area contributed by atoms with Crippen LogP contribution in [0.5, 0.6) is 0 Å². The Morgan fingerprint density at radius 3 is 2.87 bits per heavy atom. The summed E-state index contributed by atoms with van der Waals surface area (Å²) in [5.41, 5.74) is 5.78. The summed E-state index contributed by atoms with van der Waals surface area (Å²) in [6.07, 6.45) is 4.20. The molecule has 0 radical (unpaired) electrons. The maximum absolute atomic E-state index is 5.78. The molecule has 0 bridgehead atoms. The van der Waals surface area contributed by atoms with Crippen molar-refractivity contribution in [3.63, 3.8) is 0 Å². The van der Waals surface area contributed by atoms with E-state index in [4.69, 9.17) is 5.73 Å². The minimum Gasteiger partial charge on any atom is -0.329 e. The molecule has 0 aromatic heterocycles. The van der Waals surface area contributed by atoms with Crippen molar-refractivity contribution in [2.45, 2.75) is 51.2 Å². The molecule has 3 unspecified atom stereocenters. The van der Waals surface area contributed by atoms with Crippen LogP contribution >= 0.6 is 0 Å². The second kappa shape index (κ2) is 4.81. The van der Waals surface area contributed by atoms with Crippen LogP contribution in [0.25, 0.3) is 0 Å². The highest BCUT2D eigenvalue weighted by Gasteiger charge is 2.34. The first-order chi connectivity index (χ1) is 7.22. The van der Waals surface area contributed by atoms with Gasteiger partial charge >= 0.3 is 0 Å². The van der Waals surface area contributed by atoms with Crippen molar-refractivity contribution in [3.05, 3.63) is 0 Å². The van der Waals surface area contributed by atoms with Gasteiger partial charge in [0.15, 0.2) is 0 Å². The number of piperidine rings is 1. The Balaban J connectivity index is 1.98. The van der Waals surface area contributed by atoms with E-state index in [0.717, 1.165) is 12.6 Å². The highest BCUT2D eigenvalue weighted by atomic mass is 15.3. The normalized spacial score (nSPS) is 36.2. The van der Waals surface area contributed by atoms with Crippen molar-refractivity contribution in [1.82, 2.24) is 9.80 Å². The fourth-order valence-corrected chi connectivity index (χ4v) is 3.12. The molecule has 2 saturated heterocycles. The van der Waals surface area contributed by atoms with Gasteiger partial charge < -0.3 is 5.73 Å². The molecule has 15 heavy (non-hydrogen) atoms. The van der Waals surface area contributed by atoms with Crippen molar-refractivity contribution in [3.8, 4) is 0 Å². The zero-order chi connectivity index (χ0) is 10.8. The molecule has 2 rings (SSSR count). The molecule has 0 spiro atoms. The minimum absolute atomic E-state index is 0.545. The molecule has 2 aliphatic heterocycles. The fraction of sp³-hybridized carbons (Fsp3) is 1.00. The summed E-state index contributed by atoms with van der Waals surface area (Å²) in [7, 11) is 0. The van der Waals surface area contributed by atoms with Gasteiger partial charge in [0.1, 0.15) is 0 Å². The van der Waals surface area contributed by atoms with E-state index in [1.807, 2.05) is 0 Å². The maximum atomic E-state index is 5.78. The summed E-state index contributed by atoms with van der Waals surface area (Å²) in [6.45, 7) is 9.19. The molecule has 88 valence electrons. The van der Waals surface area contributed by atoms with Gasteiger partial charge in [-0.25, -0.2) is 0 Å². The van der Waals surface area contributed by atoms with Crippen molar-refractivity contribution in [2.75, 3.05) is 26.2 Å². The van der Waals surface area contributed by atoms with Gasteiger partial charge in [-0.15, -0.1) is 0 Å². The van der Waals surface area contributed by atoms with Crippen LogP contribution in [0.15, 0.2) is 0 Å². The van der Waals surface area contributed by atoms with Crippen molar-refractivity contribution in [2.24, 2.45) is 5.73 Å². The van der Waals surface area contributed by atoms with Crippen LogP contribution in [0.4, 0.5) is 0 Å². The van der Waals surface area contributed by atoms with E-state index < -0.39 is 0 Å². The number of fused-ring (bicyclic) bond motifs is 1. The predicted octanol–water partition coefficient (Wildman–Crippen LogP) is 0.892. The topological polar surface area (TPSA) is 32.5 Å². The molecule has 0 amide bonds. The molecule has 2 heterocycles. The second-order valence-electron chi connectivity index (χ2n) is 5.28. The maximum Gasteiger partial charge on any atom is 0.0224 e. The lowest BCUT2D eigenvalue weighted by Gasteiger charge is -2.49. The van der Waals surface area contributed by atoms with Crippen LogP contribution < -0.4 is 5.73 Å². The highest BCUT2D eigenvalue weighted by molar-refractivity contribution is 4.91. The van der Waals surface area contributed by atoms with E-state index >= 15 is 0 Å². The summed E-state index contributed by atoms with van der Waals surface area (Å²) in [4.78, 5) is 5.29. The third kappa shape index (κ3) is 2.35. The van der Waals surface area contributed by atoms with Gasteiger partial charge in [-0.1, -0.05) is 6.42 Å². The number of nitrogens with zero attached hydrogens (tertiary/aromatic N) is 2. The standard InChI is InChI=1S/C12H25N3/c1-10(7-13)15-9-12-5-3-4-6-14(12)8-11(15)2/h10-12H,3-9,13H2,1-2H3. The first-order valence-corrected chi connectivity index (χ1v) is 6.42. The molecule has 2 N–H and O–H groups in total. The van der Waals surface area contributed by atoms with Gasteiger partial charge in [0.05, 0.1) is 0 Å². The highest BCUT2D eigenvalue weighted by Crippen LogP contribution is 2.24. The Hall–Kier alpha value is -0.120. The quantitative estimate of drug-likeness (QED) is 0.736. The van der Waals surface area contributed by atoms with Crippen LogP contribution in [0.1, 0.15) is 33.1 Å². The Morgan fingerprint density at radius 1 is 1.33 bits per heavy atom. The first-order valence-electron chi connectivity index (χ1n) is 6.42. The van der Waals surface area contributed by atoms with E-state index in [0.29, 0.717) is 12.1 Å². The Morgan fingerprint density at radius 2 is 2.13 bits per heavy atom. The number of piperazine rings is 1. The monoisotopic (exact) mass is 211 g/mol. The smallest absolute Gasteiger partial charge is 0.0224 e. The molecule has 2 aliphatic rings. The molecular formula is C12H25N3. The number of nitrogens with two attached hydrogens (primary N) is 1. The molecule has 0 aromatic rings. The van der Waals surface area contributed by atoms with Crippen LogP contribution in [0.2, 0.25) is 0 Å². The van der Waals surface area contributed by atoms with Gasteiger partial charge in [-0.05, 0) is 33.2 Å².